The summed E-state index contributed by atoms with van der Waals surface area (Å²) in [7, 11) is 0. The molecule has 0 radical (unpaired) electrons. The van der Waals surface area contributed by atoms with Gasteiger partial charge in [-0.2, -0.15) is 11.8 Å². The minimum Gasteiger partial charge on any atom is -0.339 e. The summed E-state index contributed by atoms with van der Waals surface area (Å²) < 4.78 is 0. The fraction of sp³-hybridized carbons (Fsp3) is 0.706. The summed E-state index contributed by atoms with van der Waals surface area (Å²) >= 11 is 3.32. The molecule has 0 spiro atoms. The van der Waals surface area contributed by atoms with Crippen molar-refractivity contribution in [2.45, 2.75) is 38.3 Å². The average molecular weight is 366 g/mol. The average Bonchev–Trinajstić information content (AvgIpc) is 3.32. The van der Waals surface area contributed by atoms with Crippen LogP contribution in [0.4, 0.5) is 0 Å². The van der Waals surface area contributed by atoms with Crippen molar-refractivity contribution in [1.29, 1.82) is 0 Å². The number of thioether (sulfide) groups is 1. The van der Waals surface area contributed by atoms with Crippen LogP contribution in [0.2, 0.25) is 0 Å². The zero-order valence-electron chi connectivity index (χ0n) is 13.7. The van der Waals surface area contributed by atoms with Gasteiger partial charge in [0.15, 0.2) is 0 Å². The van der Waals surface area contributed by atoms with Gasteiger partial charge in [-0.05, 0) is 37.4 Å². The molecule has 4 heterocycles. The molecule has 4 aliphatic rings. The maximum absolute atomic E-state index is 12.8. The minimum atomic E-state index is -0.0280. The van der Waals surface area contributed by atoms with Crippen LogP contribution in [0.3, 0.4) is 0 Å². The molecule has 5 nitrogen and oxygen atoms in total. The van der Waals surface area contributed by atoms with Gasteiger partial charge in [0.1, 0.15) is 0 Å². The molecule has 1 saturated carbocycles. The van der Waals surface area contributed by atoms with E-state index in [1.165, 1.54) is 12.8 Å². The van der Waals surface area contributed by atoms with Crippen molar-refractivity contribution in [2.24, 2.45) is 11.8 Å². The first-order valence-electron chi connectivity index (χ1n) is 8.74. The molecule has 0 N–H and O–H groups in total. The van der Waals surface area contributed by atoms with Crippen molar-refractivity contribution in [1.82, 2.24) is 14.8 Å². The Morgan fingerprint density at radius 2 is 2.17 bits per heavy atom. The van der Waals surface area contributed by atoms with Crippen molar-refractivity contribution in [3.8, 4) is 0 Å². The molecular weight excluding hydrogens is 342 g/mol. The van der Waals surface area contributed by atoms with Gasteiger partial charge in [-0.25, -0.2) is 4.98 Å². The lowest BCUT2D eigenvalue weighted by atomic mass is 9.94. The topological polar surface area (TPSA) is 53.5 Å². The Kier molecular flexibility index (Phi) is 4.81. The molecule has 0 unspecified atom stereocenters. The normalized spacial score (nSPS) is 26.8. The SMILES string of the molecule is O=C(CSCC1CC1)N1C[C@@H]2CC[C@H](C1)N(Cc1cscn1)C2=O. The van der Waals surface area contributed by atoms with Gasteiger partial charge in [0.2, 0.25) is 11.8 Å². The second kappa shape index (κ2) is 7.04. The lowest BCUT2D eigenvalue weighted by molar-refractivity contribution is -0.140. The number of carbonyl (C=O) groups is 2. The van der Waals surface area contributed by atoms with Crippen molar-refractivity contribution < 1.29 is 9.59 Å². The summed E-state index contributed by atoms with van der Waals surface area (Å²) in [4.78, 5) is 33.6. The first-order chi connectivity index (χ1) is 11.7. The highest BCUT2D eigenvalue weighted by molar-refractivity contribution is 7.99. The van der Waals surface area contributed by atoms with Crippen LogP contribution < -0.4 is 0 Å². The molecule has 7 heteroatoms. The first-order valence-corrected chi connectivity index (χ1v) is 10.8. The standard InChI is InChI=1S/C17H23N3O2S2/c21-16(10-23-8-12-1-2-12)19-5-13-3-4-15(7-19)20(17(13)22)6-14-9-24-11-18-14/h9,11-13,15H,1-8,10H2/t13-,15+/m0/s1. The Labute approximate surface area is 150 Å². The monoisotopic (exact) mass is 365 g/mol. The van der Waals surface area contributed by atoms with Crippen LogP contribution >= 0.6 is 23.1 Å². The van der Waals surface area contributed by atoms with E-state index in [1.54, 1.807) is 23.1 Å². The highest BCUT2D eigenvalue weighted by Crippen LogP contribution is 2.33. The largest absolute Gasteiger partial charge is 0.339 e. The molecule has 1 aliphatic carbocycles. The lowest BCUT2D eigenvalue weighted by Crippen LogP contribution is -2.47. The molecule has 2 amide bonds. The van der Waals surface area contributed by atoms with Crippen LogP contribution in [0.1, 0.15) is 31.4 Å². The second-order valence-electron chi connectivity index (χ2n) is 7.13. The van der Waals surface area contributed by atoms with Gasteiger partial charge in [-0.3, -0.25) is 9.59 Å². The smallest absolute Gasteiger partial charge is 0.232 e. The van der Waals surface area contributed by atoms with Crippen LogP contribution in [0.25, 0.3) is 0 Å². The molecule has 3 aliphatic heterocycles. The van der Waals surface area contributed by atoms with Gasteiger partial charge < -0.3 is 9.80 Å². The Hall–Kier alpha value is -1.08. The van der Waals surface area contributed by atoms with E-state index in [2.05, 4.69) is 4.98 Å². The second-order valence-corrected chi connectivity index (χ2v) is 8.88. The molecule has 24 heavy (non-hydrogen) atoms. The molecule has 130 valence electrons. The molecule has 1 aromatic heterocycles. The highest BCUT2D eigenvalue weighted by Gasteiger charge is 2.41. The van der Waals surface area contributed by atoms with Crippen molar-refractivity contribution in [2.75, 3.05) is 24.6 Å². The van der Waals surface area contributed by atoms with Gasteiger partial charge in [0.25, 0.3) is 0 Å². The summed E-state index contributed by atoms with van der Waals surface area (Å²) in [5, 5.41) is 2.00. The summed E-state index contributed by atoms with van der Waals surface area (Å²) in [6.45, 7) is 1.88. The maximum Gasteiger partial charge on any atom is 0.232 e. The van der Waals surface area contributed by atoms with Crippen molar-refractivity contribution in [3.63, 3.8) is 0 Å². The van der Waals surface area contributed by atoms with Crippen molar-refractivity contribution >= 4 is 34.9 Å². The number of hydrogen-bond donors (Lipinski definition) is 0. The van der Waals surface area contributed by atoms with Gasteiger partial charge in [0.05, 0.1) is 29.4 Å². The third-order valence-electron chi connectivity index (χ3n) is 5.24. The fourth-order valence-corrected chi connectivity index (χ4v) is 5.32. The number of fused-ring (bicyclic) bond motifs is 4. The summed E-state index contributed by atoms with van der Waals surface area (Å²) in [6.07, 6.45) is 4.57. The number of carbonyl (C=O) groups excluding carboxylic acids is 2. The van der Waals surface area contributed by atoms with Crippen LogP contribution in [0.15, 0.2) is 10.9 Å². The quantitative estimate of drug-likeness (QED) is 0.776. The van der Waals surface area contributed by atoms with Gasteiger partial charge in [-0.1, -0.05) is 0 Å². The van der Waals surface area contributed by atoms with Gasteiger partial charge >= 0.3 is 0 Å². The summed E-state index contributed by atoms with van der Waals surface area (Å²) in [5.41, 5.74) is 2.77. The Morgan fingerprint density at radius 1 is 1.29 bits per heavy atom. The minimum absolute atomic E-state index is 0.0280. The van der Waals surface area contributed by atoms with E-state index in [1.807, 2.05) is 20.7 Å². The van der Waals surface area contributed by atoms with E-state index in [9.17, 15) is 9.59 Å². The molecular formula is C17H23N3O2S2. The molecule has 3 saturated heterocycles. The van der Waals surface area contributed by atoms with E-state index in [-0.39, 0.29) is 23.8 Å². The molecule has 0 aromatic carbocycles. The predicted molar refractivity (Wildman–Crippen MR) is 95.8 cm³/mol. The van der Waals surface area contributed by atoms with Crippen LogP contribution in [0.5, 0.6) is 0 Å². The van der Waals surface area contributed by atoms with Crippen LogP contribution in [0, 0.1) is 11.8 Å². The first kappa shape index (κ1) is 16.4. The number of amides is 2. The molecule has 2 bridgehead atoms. The maximum atomic E-state index is 12.8. The third-order valence-corrected chi connectivity index (χ3v) is 7.03. The zero-order chi connectivity index (χ0) is 16.5. The number of rotatable bonds is 6. The molecule has 2 atom stereocenters. The Morgan fingerprint density at radius 3 is 2.92 bits per heavy atom. The molecule has 1 aromatic rings. The third kappa shape index (κ3) is 3.61. The van der Waals surface area contributed by atoms with E-state index >= 15 is 0 Å². The molecule has 5 rings (SSSR count). The number of hydrogen-bond acceptors (Lipinski definition) is 5. The summed E-state index contributed by atoms with van der Waals surface area (Å²) in [6, 6.07) is 0.148. The van der Waals surface area contributed by atoms with E-state index < -0.39 is 0 Å². The van der Waals surface area contributed by atoms with Gasteiger partial charge in [0, 0.05) is 24.5 Å². The van der Waals surface area contributed by atoms with Gasteiger partial charge in [-0.15, -0.1) is 11.3 Å². The summed E-state index contributed by atoms with van der Waals surface area (Å²) in [5.74, 6) is 2.91. The zero-order valence-corrected chi connectivity index (χ0v) is 15.4. The highest BCUT2D eigenvalue weighted by atomic mass is 32.2. The number of nitrogens with zero attached hydrogens (tertiary/aromatic N) is 3. The number of piperidine rings is 1. The number of aromatic nitrogens is 1. The Balaban J connectivity index is 1.39. The van der Waals surface area contributed by atoms with E-state index in [0.29, 0.717) is 25.4 Å². The predicted octanol–water partition coefficient (Wildman–Crippen LogP) is 2.24. The lowest BCUT2D eigenvalue weighted by Gasteiger charge is -2.35. The van der Waals surface area contributed by atoms with Crippen molar-refractivity contribution in [3.05, 3.63) is 16.6 Å². The number of thiazole rings is 1. The van der Waals surface area contributed by atoms with Crippen LogP contribution in [-0.2, 0) is 16.1 Å². The Bertz CT molecular complexity index is 603. The molecule has 4 fully saturated rings. The van der Waals surface area contributed by atoms with E-state index in [0.717, 1.165) is 30.2 Å². The van der Waals surface area contributed by atoms with Crippen LogP contribution in [-0.4, -0.2) is 57.2 Å². The fourth-order valence-electron chi connectivity index (χ4n) is 3.63. The van der Waals surface area contributed by atoms with E-state index in [4.69, 9.17) is 0 Å².